The van der Waals surface area contributed by atoms with Crippen LogP contribution >= 0.6 is 24.0 Å². The molecule has 23 heavy (non-hydrogen) atoms. The summed E-state index contributed by atoms with van der Waals surface area (Å²) in [5, 5.41) is 3.39. The number of aliphatic imine (C=N–C) groups is 1. The van der Waals surface area contributed by atoms with Gasteiger partial charge >= 0.3 is 0 Å². The number of guanidine groups is 1. The number of benzene rings is 1. The van der Waals surface area contributed by atoms with E-state index in [2.05, 4.69) is 29.3 Å². The first-order valence-corrected chi connectivity index (χ1v) is 8.28. The van der Waals surface area contributed by atoms with Crippen molar-refractivity contribution in [3.05, 3.63) is 23.8 Å². The molecular weight excluding hydrogens is 405 g/mol. The summed E-state index contributed by atoms with van der Waals surface area (Å²) in [5.74, 6) is 2.71. The molecule has 1 N–H and O–H groups in total. The van der Waals surface area contributed by atoms with Crippen LogP contribution in [0, 0.1) is 0 Å². The Hall–Kier alpha value is -1.18. The molecule has 6 heteroatoms. The molecule has 2 aliphatic rings. The van der Waals surface area contributed by atoms with Crippen molar-refractivity contribution >= 4 is 29.9 Å². The van der Waals surface area contributed by atoms with Crippen LogP contribution in [-0.2, 0) is 6.54 Å². The van der Waals surface area contributed by atoms with Crippen molar-refractivity contribution < 1.29 is 9.47 Å². The van der Waals surface area contributed by atoms with E-state index in [4.69, 9.17) is 14.5 Å². The highest BCUT2D eigenvalue weighted by Crippen LogP contribution is 2.30. The van der Waals surface area contributed by atoms with Crippen molar-refractivity contribution in [1.29, 1.82) is 0 Å². The summed E-state index contributed by atoms with van der Waals surface area (Å²) in [4.78, 5) is 7.11. The van der Waals surface area contributed by atoms with Crippen molar-refractivity contribution in [3.8, 4) is 11.5 Å². The molecule has 2 heterocycles. The Balaban J connectivity index is 0.00000192. The number of likely N-dealkylation sites (tertiary alicyclic amines) is 1. The third-order valence-electron chi connectivity index (χ3n) is 3.96. The Morgan fingerprint density at radius 1 is 1.13 bits per heavy atom. The highest BCUT2D eigenvalue weighted by atomic mass is 127. The van der Waals surface area contributed by atoms with E-state index in [1.165, 1.54) is 12.8 Å². The summed E-state index contributed by atoms with van der Waals surface area (Å²) >= 11 is 0. The van der Waals surface area contributed by atoms with E-state index < -0.39 is 0 Å². The van der Waals surface area contributed by atoms with Crippen LogP contribution in [0.5, 0.6) is 11.5 Å². The van der Waals surface area contributed by atoms with Crippen LogP contribution in [0.4, 0.5) is 0 Å². The Bertz CT molecular complexity index is 531. The molecule has 5 nitrogen and oxygen atoms in total. The lowest BCUT2D eigenvalue weighted by molar-refractivity contribution is 0.297. The van der Waals surface area contributed by atoms with Gasteiger partial charge < -0.3 is 19.7 Å². The summed E-state index contributed by atoms with van der Waals surface area (Å²) in [5.41, 5.74) is 1.15. The third kappa shape index (κ3) is 4.89. The van der Waals surface area contributed by atoms with Gasteiger partial charge in [-0.3, -0.25) is 0 Å². The molecule has 1 aromatic rings. The van der Waals surface area contributed by atoms with Gasteiger partial charge in [0.25, 0.3) is 0 Å². The van der Waals surface area contributed by atoms with Crippen molar-refractivity contribution in [2.45, 2.75) is 32.7 Å². The third-order valence-corrected chi connectivity index (χ3v) is 3.96. The Labute approximate surface area is 155 Å². The normalized spacial score (nSPS) is 17.4. The summed E-state index contributed by atoms with van der Waals surface area (Å²) in [6, 6.07) is 6.12. The summed E-state index contributed by atoms with van der Waals surface area (Å²) in [6.45, 7) is 7.32. The van der Waals surface area contributed by atoms with Crippen molar-refractivity contribution in [1.82, 2.24) is 10.2 Å². The minimum absolute atomic E-state index is 0. The number of hydrogen-bond donors (Lipinski definition) is 1. The van der Waals surface area contributed by atoms with E-state index in [-0.39, 0.29) is 24.0 Å². The number of ether oxygens (including phenoxy) is 2. The molecule has 2 aliphatic heterocycles. The zero-order valence-electron chi connectivity index (χ0n) is 13.7. The topological polar surface area (TPSA) is 46.1 Å². The first-order valence-electron chi connectivity index (χ1n) is 8.28. The van der Waals surface area contributed by atoms with Gasteiger partial charge in [0.15, 0.2) is 17.5 Å². The zero-order valence-corrected chi connectivity index (χ0v) is 16.0. The minimum Gasteiger partial charge on any atom is -0.490 e. The molecule has 128 valence electrons. The monoisotopic (exact) mass is 431 g/mol. The maximum Gasteiger partial charge on any atom is 0.194 e. The molecule has 0 radical (unpaired) electrons. The van der Waals surface area contributed by atoms with Crippen LogP contribution in [0.25, 0.3) is 0 Å². The smallest absolute Gasteiger partial charge is 0.194 e. The molecule has 0 amide bonds. The van der Waals surface area contributed by atoms with Crippen LogP contribution < -0.4 is 14.8 Å². The van der Waals surface area contributed by atoms with Crippen LogP contribution in [0.3, 0.4) is 0 Å². The van der Waals surface area contributed by atoms with Crippen LogP contribution in [0.15, 0.2) is 23.2 Å². The lowest BCUT2D eigenvalue weighted by Crippen LogP contribution is -2.39. The molecule has 0 saturated carbocycles. The molecule has 0 unspecified atom stereocenters. The van der Waals surface area contributed by atoms with E-state index in [1.54, 1.807) is 0 Å². The molecule has 3 rings (SSSR count). The Kier molecular flexibility index (Phi) is 7.26. The molecule has 0 spiro atoms. The first-order chi connectivity index (χ1) is 10.9. The van der Waals surface area contributed by atoms with Gasteiger partial charge in [0.1, 0.15) is 0 Å². The first kappa shape index (κ1) is 18.2. The number of nitrogens with zero attached hydrogens (tertiary/aromatic N) is 2. The average molecular weight is 431 g/mol. The molecule has 0 bridgehead atoms. The van der Waals surface area contributed by atoms with Gasteiger partial charge in [-0.1, -0.05) is 6.07 Å². The second-order valence-electron chi connectivity index (χ2n) is 5.70. The second kappa shape index (κ2) is 9.20. The van der Waals surface area contributed by atoms with Gasteiger partial charge in [0.05, 0.1) is 19.8 Å². The predicted molar refractivity (Wildman–Crippen MR) is 103 cm³/mol. The van der Waals surface area contributed by atoms with E-state index in [9.17, 15) is 0 Å². The van der Waals surface area contributed by atoms with Gasteiger partial charge in [-0.2, -0.15) is 0 Å². The summed E-state index contributed by atoms with van der Waals surface area (Å²) in [6.07, 6.45) is 3.45. The van der Waals surface area contributed by atoms with Crippen molar-refractivity contribution in [2.75, 3.05) is 32.8 Å². The molecule has 0 aromatic heterocycles. The summed E-state index contributed by atoms with van der Waals surface area (Å²) in [7, 11) is 0. The van der Waals surface area contributed by atoms with Crippen LogP contribution in [-0.4, -0.2) is 43.7 Å². The van der Waals surface area contributed by atoms with Gasteiger partial charge in [0, 0.05) is 26.1 Å². The van der Waals surface area contributed by atoms with E-state index in [1.807, 2.05) is 6.07 Å². The van der Waals surface area contributed by atoms with Crippen LogP contribution in [0.1, 0.15) is 31.7 Å². The minimum atomic E-state index is 0. The van der Waals surface area contributed by atoms with Gasteiger partial charge in [-0.25, -0.2) is 4.99 Å². The van der Waals surface area contributed by atoms with Gasteiger partial charge in [-0.05, 0) is 37.5 Å². The number of halogens is 1. The molecule has 0 atom stereocenters. The largest absolute Gasteiger partial charge is 0.490 e. The standard InChI is InChI=1S/C17H25N3O2.HI/c1-2-18-17(20-8-3-4-9-20)19-13-14-6-7-15-16(12-14)22-11-5-10-21-15;/h6-7,12H,2-5,8-11,13H2,1H3,(H,18,19);1H. The van der Waals surface area contributed by atoms with Gasteiger partial charge in [0.2, 0.25) is 0 Å². The van der Waals surface area contributed by atoms with E-state index in [0.717, 1.165) is 62.3 Å². The fourth-order valence-electron chi connectivity index (χ4n) is 2.83. The lowest BCUT2D eigenvalue weighted by Gasteiger charge is -2.20. The predicted octanol–water partition coefficient (Wildman–Crippen LogP) is 3.03. The average Bonchev–Trinajstić information content (AvgIpc) is 2.97. The molecule has 1 fully saturated rings. The maximum atomic E-state index is 5.74. The second-order valence-corrected chi connectivity index (χ2v) is 5.70. The SMILES string of the molecule is CCNC(=NCc1ccc2c(c1)OCCCO2)N1CCCC1.I. The van der Waals surface area contributed by atoms with E-state index >= 15 is 0 Å². The number of fused-ring (bicyclic) bond motifs is 1. The Morgan fingerprint density at radius 3 is 2.61 bits per heavy atom. The fraction of sp³-hybridized carbons (Fsp3) is 0.588. The maximum absolute atomic E-state index is 5.74. The Morgan fingerprint density at radius 2 is 1.87 bits per heavy atom. The van der Waals surface area contributed by atoms with Crippen LogP contribution in [0.2, 0.25) is 0 Å². The van der Waals surface area contributed by atoms with E-state index in [0.29, 0.717) is 6.54 Å². The quantitative estimate of drug-likeness (QED) is 0.454. The number of hydrogen-bond acceptors (Lipinski definition) is 3. The highest BCUT2D eigenvalue weighted by molar-refractivity contribution is 14.0. The van der Waals surface area contributed by atoms with Gasteiger partial charge in [-0.15, -0.1) is 24.0 Å². The highest BCUT2D eigenvalue weighted by Gasteiger charge is 2.15. The number of nitrogens with one attached hydrogen (secondary N) is 1. The lowest BCUT2D eigenvalue weighted by atomic mass is 10.2. The molecule has 0 aliphatic carbocycles. The van der Waals surface area contributed by atoms with Crippen molar-refractivity contribution in [2.24, 2.45) is 4.99 Å². The molecule has 1 saturated heterocycles. The van der Waals surface area contributed by atoms with Crippen molar-refractivity contribution in [3.63, 3.8) is 0 Å². The number of rotatable bonds is 3. The molecular formula is C17H26IN3O2. The fourth-order valence-corrected chi connectivity index (χ4v) is 2.83. The molecule has 1 aromatic carbocycles. The summed E-state index contributed by atoms with van der Waals surface area (Å²) < 4.78 is 11.4. The zero-order chi connectivity index (χ0) is 15.2.